The third kappa shape index (κ3) is 7.59. The summed E-state index contributed by atoms with van der Waals surface area (Å²) in [7, 11) is -1.51. The van der Waals surface area contributed by atoms with E-state index in [4.69, 9.17) is 28.1 Å². The number of benzene rings is 1. The number of hydrogen-bond donors (Lipinski definition) is 0. The van der Waals surface area contributed by atoms with Crippen molar-refractivity contribution >= 4 is 18.4 Å². The van der Waals surface area contributed by atoms with Crippen molar-refractivity contribution in [3.05, 3.63) is 18.2 Å². The van der Waals surface area contributed by atoms with Crippen molar-refractivity contribution in [3.63, 3.8) is 0 Å². The van der Waals surface area contributed by atoms with Crippen molar-refractivity contribution in [1.29, 1.82) is 0 Å². The van der Waals surface area contributed by atoms with Crippen LogP contribution in [0.15, 0.2) is 18.2 Å². The van der Waals surface area contributed by atoms with Crippen LogP contribution in [0.1, 0.15) is 6.92 Å². The number of methoxy groups -OCH3 is 2. The molecule has 0 radical (unpaired) electrons. The Kier molecular flexibility index (Phi) is 8.36. The molecule has 0 aliphatic rings. The van der Waals surface area contributed by atoms with E-state index in [0.717, 1.165) is 11.5 Å². The minimum absolute atomic E-state index is 0.767. The molecule has 1 rings (SSSR count). The Bertz CT molecular complexity index is 354. The van der Waals surface area contributed by atoms with E-state index in [9.17, 15) is 0 Å². The summed E-state index contributed by atoms with van der Waals surface area (Å²) in [6.07, 6.45) is 0. The summed E-state index contributed by atoms with van der Waals surface area (Å²) < 4.78 is 46.0. The van der Waals surface area contributed by atoms with Crippen molar-refractivity contribution in [2.75, 3.05) is 14.2 Å². The van der Waals surface area contributed by atoms with Gasteiger partial charge in [0.1, 0.15) is 0 Å². The summed E-state index contributed by atoms with van der Waals surface area (Å²) in [5.74, 6) is 4.25. The molecule has 0 N–H and O–H groups in total. The predicted molar refractivity (Wildman–Crippen MR) is 61.3 cm³/mol. The van der Waals surface area contributed by atoms with E-state index in [2.05, 4.69) is 12.7 Å². The van der Waals surface area contributed by atoms with Crippen molar-refractivity contribution in [3.8, 4) is 11.5 Å². The van der Waals surface area contributed by atoms with E-state index >= 15 is 0 Å². The van der Waals surface area contributed by atoms with E-state index < -0.39 is 24.1 Å². The molecule has 0 fully saturated rings. The van der Waals surface area contributed by atoms with Gasteiger partial charge in [0.25, 0.3) is 0 Å². The van der Waals surface area contributed by atoms with E-state index in [-0.39, 0.29) is 0 Å². The normalized spacial score (nSPS) is 12.2. The van der Waals surface area contributed by atoms with Gasteiger partial charge < -0.3 is 0 Å². The Hall–Kier alpha value is -0.531. The molecule has 1 aromatic rings. The summed E-state index contributed by atoms with van der Waals surface area (Å²) in [4.78, 5) is 0. The number of rotatable bonds is 4. The first-order valence-corrected chi connectivity index (χ1v) is 10.2. The second kappa shape index (κ2) is 8.60. The summed E-state index contributed by atoms with van der Waals surface area (Å²) in [5.41, 5.74) is 0. The SMILES string of the molecule is CC[Se+](C)c1c(OC)cccc1OC.[O-][Cl+3]([O-])([O-])[O-]. The zero-order valence-corrected chi connectivity index (χ0v) is 13.6. The molecule has 1 atom stereocenters. The van der Waals surface area contributed by atoms with E-state index in [1.54, 1.807) is 14.2 Å². The third-order valence-corrected chi connectivity index (χ3v) is 6.29. The van der Waals surface area contributed by atoms with Gasteiger partial charge in [0, 0.05) is 0 Å². The maximum Gasteiger partial charge on any atom is -0.112 e. The topological polar surface area (TPSA) is 111 Å². The van der Waals surface area contributed by atoms with Crippen molar-refractivity contribution in [2.45, 2.75) is 18.1 Å². The van der Waals surface area contributed by atoms with Crippen LogP contribution in [0.5, 0.6) is 11.5 Å². The van der Waals surface area contributed by atoms with Crippen LogP contribution in [0.2, 0.25) is 11.1 Å². The van der Waals surface area contributed by atoms with Gasteiger partial charge in [0.05, 0.1) is 0 Å². The quantitative estimate of drug-likeness (QED) is 0.541. The van der Waals surface area contributed by atoms with Gasteiger partial charge in [0.2, 0.25) is 0 Å². The van der Waals surface area contributed by atoms with E-state index in [1.165, 1.54) is 9.78 Å². The van der Waals surface area contributed by atoms with Crippen molar-refractivity contribution < 1.29 is 38.4 Å². The summed E-state index contributed by atoms with van der Waals surface area (Å²) >= 11 is -0.767. The van der Waals surface area contributed by atoms with Crippen LogP contribution in [0.3, 0.4) is 0 Å². The van der Waals surface area contributed by atoms with Gasteiger partial charge in [-0.05, 0) is 0 Å². The van der Waals surface area contributed by atoms with Gasteiger partial charge in [0.15, 0.2) is 0 Å². The first-order chi connectivity index (χ1) is 8.74. The van der Waals surface area contributed by atoms with Crippen LogP contribution < -0.4 is 32.6 Å². The molecule has 19 heavy (non-hydrogen) atoms. The molecule has 0 aliphatic carbocycles. The molecule has 0 aromatic heterocycles. The Labute approximate surface area is 119 Å². The second-order valence-corrected chi connectivity index (χ2v) is 8.79. The van der Waals surface area contributed by atoms with Crippen LogP contribution in [0.4, 0.5) is 0 Å². The van der Waals surface area contributed by atoms with E-state index in [0.29, 0.717) is 0 Å². The van der Waals surface area contributed by atoms with Crippen LogP contribution in [0, 0.1) is 10.2 Å². The molecule has 110 valence electrons. The first-order valence-electron chi connectivity index (χ1n) is 5.19. The van der Waals surface area contributed by atoms with Crippen molar-refractivity contribution in [1.82, 2.24) is 0 Å². The number of ether oxygens (including phenoxy) is 2. The maximum atomic E-state index is 8.49. The van der Waals surface area contributed by atoms with Crippen LogP contribution in [0.25, 0.3) is 0 Å². The molecular formula is C11H17ClO6Se. The van der Waals surface area contributed by atoms with Gasteiger partial charge in [-0.15, -0.1) is 10.2 Å². The van der Waals surface area contributed by atoms with Crippen LogP contribution >= 0.6 is 0 Å². The summed E-state index contributed by atoms with van der Waals surface area (Å²) in [6.45, 7) is 2.22. The molecule has 1 unspecified atom stereocenters. The molecule has 0 amide bonds. The summed E-state index contributed by atoms with van der Waals surface area (Å²) in [5, 5.41) is 1.21. The molecule has 0 bridgehead atoms. The standard InChI is InChI=1S/C11H17O2Se.ClHO4/c1-5-14(4)11-9(12-2)7-6-8-10(11)13-3;2-1(3,4)5/h6-8H,5H2,1-4H3;(H,2,3,4,5)/q+1;/p-1. The zero-order valence-electron chi connectivity index (χ0n) is 11.2. The fraction of sp³-hybridized carbons (Fsp3) is 0.455. The monoisotopic (exact) mass is 360 g/mol. The minimum Gasteiger partial charge on any atom is -0.222 e. The Morgan fingerprint density at radius 2 is 1.42 bits per heavy atom. The average Bonchev–Trinajstić information content (AvgIpc) is 2.34. The smallest absolute Gasteiger partial charge is 0.112 e. The molecule has 6 nitrogen and oxygen atoms in total. The molecule has 0 saturated carbocycles. The Balaban J connectivity index is 0.000000555. The van der Waals surface area contributed by atoms with Crippen LogP contribution in [-0.2, 0) is 0 Å². The molecule has 0 aliphatic heterocycles. The fourth-order valence-electron chi connectivity index (χ4n) is 1.30. The molecule has 0 heterocycles. The Morgan fingerprint density at radius 3 is 1.68 bits per heavy atom. The first kappa shape index (κ1) is 18.5. The molecular weight excluding hydrogens is 343 g/mol. The minimum atomic E-state index is -4.94. The van der Waals surface area contributed by atoms with Crippen LogP contribution in [-0.4, -0.2) is 28.1 Å². The third-order valence-electron chi connectivity index (χ3n) is 2.16. The predicted octanol–water partition coefficient (Wildman–Crippen LogP) is -2.70. The van der Waals surface area contributed by atoms with Gasteiger partial charge >= 0.3 is 89.8 Å². The number of halogens is 1. The van der Waals surface area contributed by atoms with Gasteiger partial charge in [-0.25, -0.2) is 18.6 Å². The number of hydrogen-bond acceptors (Lipinski definition) is 6. The fourth-order valence-corrected chi connectivity index (χ4v) is 3.99. The second-order valence-electron chi connectivity index (χ2n) is 3.30. The molecule has 0 saturated heterocycles. The molecule has 0 spiro atoms. The van der Waals surface area contributed by atoms with Crippen molar-refractivity contribution in [2.24, 2.45) is 0 Å². The summed E-state index contributed by atoms with van der Waals surface area (Å²) in [6, 6.07) is 5.98. The average molecular weight is 360 g/mol. The van der Waals surface area contributed by atoms with E-state index in [1.807, 2.05) is 18.2 Å². The zero-order chi connectivity index (χ0) is 15.1. The van der Waals surface area contributed by atoms with Gasteiger partial charge in [-0.2, -0.15) is 0 Å². The van der Waals surface area contributed by atoms with Gasteiger partial charge in [-0.3, -0.25) is 0 Å². The largest absolute Gasteiger partial charge is 0.222 e. The molecule has 8 heteroatoms. The maximum absolute atomic E-state index is 8.49. The Morgan fingerprint density at radius 1 is 1.05 bits per heavy atom. The molecule has 1 aromatic carbocycles. The van der Waals surface area contributed by atoms with Gasteiger partial charge in [-0.1, -0.05) is 0 Å².